The number of nitrogens with zero attached hydrogens (tertiary/aromatic N) is 1. The van der Waals surface area contributed by atoms with Crippen LogP contribution in [0.15, 0.2) is 0 Å². The number of halogens is 1. The molecule has 2 unspecified atom stereocenters. The maximum atomic E-state index is 6.05. The van der Waals surface area contributed by atoms with Gasteiger partial charge in [0.2, 0.25) is 0 Å². The minimum atomic E-state index is 0.113. The van der Waals surface area contributed by atoms with Crippen LogP contribution in [0.1, 0.15) is 27.2 Å². The predicted molar refractivity (Wildman–Crippen MR) is 46.3 cm³/mol. The molecule has 0 saturated carbocycles. The van der Waals surface area contributed by atoms with Crippen LogP contribution in [-0.2, 0) is 4.74 Å². The molecule has 1 aliphatic heterocycles. The van der Waals surface area contributed by atoms with Crippen molar-refractivity contribution in [1.82, 2.24) is 4.42 Å². The monoisotopic (exact) mass is 177 g/mol. The molecular weight excluding hydrogens is 162 g/mol. The van der Waals surface area contributed by atoms with E-state index in [1.54, 1.807) is 0 Å². The summed E-state index contributed by atoms with van der Waals surface area (Å²) in [6, 6.07) is 0.407. The van der Waals surface area contributed by atoms with Gasteiger partial charge in [-0.2, -0.15) is 4.42 Å². The Morgan fingerprint density at radius 3 is 2.55 bits per heavy atom. The molecule has 0 aromatic rings. The van der Waals surface area contributed by atoms with E-state index in [1.165, 1.54) is 0 Å². The Kier molecular flexibility index (Phi) is 3.16. The summed E-state index contributed by atoms with van der Waals surface area (Å²) in [7, 11) is 0. The predicted octanol–water partition coefficient (Wildman–Crippen LogP) is 2.23. The van der Waals surface area contributed by atoms with Gasteiger partial charge in [0, 0.05) is 0 Å². The average molecular weight is 178 g/mol. The van der Waals surface area contributed by atoms with Crippen LogP contribution in [0, 0.1) is 5.92 Å². The lowest BCUT2D eigenvalue weighted by atomic mass is 10.2. The zero-order valence-corrected chi connectivity index (χ0v) is 8.14. The normalized spacial score (nSPS) is 33.5. The van der Waals surface area contributed by atoms with Crippen LogP contribution >= 0.6 is 11.8 Å². The van der Waals surface area contributed by atoms with Crippen LogP contribution in [-0.4, -0.2) is 23.3 Å². The maximum absolute atomic E-state index is 6.05. The maximum Gasteiger partial charge on any atom is 0.126 e. The average Bonchev–Trinajstić information content (AvgIpc) is 2.30. The van der Waals surface area contributed by atoms with E-state index in [2.05, 4.69) is 20.8 Å². The summed E-state index contributed by atoms with van der Waals surface area (Å²) in [6.45, 7) is 7.16. The molecule has 1 saturated heterocycles. The first-order valence-electron chi connectivity index (χ1n) is 4.22. The number of ether oxygens (including phenoxy) is 1. The third kappa shape index (κ3) is 1.86. The molecule has 11 heavy (non-hydrogen) atoms. The van der Waals surface area contributed by atoms with Gasteiger partial charge < -0.3 is 4.74 Å². The molecule has 2 nitrogen and oxygen atoms in total. The lowest BCUT2D eigenvalue weighted by molar-refractivity contribution is 0.0317. The highest BCUT2D eigenvalue weighted by Crippen LogP contribution is 2.26. The summed E-state index contributed by atoms with van der Waals surface area (Å²) in [6.07, 6.45) is 1.17. The molecule has 0 bridgehead atoms. The van der Waals surface area contributed by atoms with Gasteiger partial charge >= 0.3 is 0 Å². The molecule has 66 valence electrons. The molecule has 1 rings (SSSR count). The molecule has 0 N–H and O–H groups in total. The molecule has 0 aromatic carbocycles. The summed E-state index contributed by atoms with van der Waals surface area (Å²) >= 11 is 6.05. The first-order chi connectivity index (χ1) is 5.16. The highest BCUT2D eigenvalue weighted by Gasteiger charge is 2.33. The highest BCUT2D eigenvalue weighted by molar-refractivity contribution is 6.13. The van der Waals surface area contributed by atoms with E-state index in [0.717, 1.165) is 13.0 Å². The van der Waals surface area contributed by atoms with Crippen LogP contribution in [0.2, 0.25) is 0 Å². The fourth-order valence-electron chi connectivity index (χ4n) is 1.33. The third-order valence-electron chi connectivity index (χ3n) is 2.09. The minimum absolute atomic E-state index is 0.113. The van der Waals surface area contributed by atoms with Crippen molar-refractivity contribution in [2.75, 3.05) is 6.61 Å². The van der Waals surface area contributed by atoms with Crippen LogP contribution in [0.5, 0.6) is 0 Å². The van der Waals surface area contributed by atoms with Crippen LogP contribution in [0.4, 0.5) is 0 Å². The number of rotatable bonds is 2. The van der Waals surface area contributed by atoms with Crippen molar-refractivity contribution in [1.29, 1.82) is 0 Å². The Hall–Kier alpha value is 0.210. The minimum Gasteiger partial charge on any atom is -0.360 e. The van der Waals surface area contributed by atoms with E-state index in [0.29, 0.717) is 12.0 Å². The fourth-order valence-corrected chi connectivity index (χ4v) is 1.81. The van der Waals surface area contributed by atoms with Crippen LogP contribution in [0.3, 0.4) is 0 Å². The van der Waals surface area contributed by atoms with Gasteiger partial charge in [-0.05, 0) is 24.1 Å². The largest absolute Gasteiger partial charge is 0.360 e. The second-order valence-electron chi connectivity index (χ2n) is 3.37. The van der Waals surface area contributed by atoms with E-state index >= 15 is 0 Å². The van der Waals surface area contributed by atoms with Gasteiger partial charge in [0.15, 0.2) is 0 Å². The molecule has 0 aromatic heterocycles. The highest BCUT2D eigenvalue weighted by atomic mass is 35.5. The lowest BCUT2D eigenvalue weighted by Gasteiger charge is -2.22. The number of hydrogen-bond acceptors (Lipinski definition) is 2. The van der Waals surface area contributed by atoms with Gasteiger partial charge in [-0.3, -0.25) is 0 Å². The number of hydrogen-bond donors (Lipinski definition) is 0. The van der Waals surface area contributed by atoms with Gasteiger partial charge in [-0.1, -0.05) is 20.8 Å². The Balaban J connectivity index is 2.48. The standard InChI is InChI=1S/C8H16ClNO/c1-4-7-5-11-8(6(2)3)10(7)9/h6-8H,4-5H2,1-3H3. The van der Waals surface area contributed by atoms with Gasteiger partial charge in [0.05, 0.1) is 12.6 Å². The Labute approximate surface area is 73.6 Å². The van der Waals surface area contributed by atoms with Crippen molar-refractivity contribution in [2.24, 2.45) is 5.92 Å². The summed E-state index contributed by atoms with van der Waals surface area (Å²) in [5.41, 5.74) is 0. The Morgan fingerprint density at radius 2 is 2.27 bits per heavy atom. The van der Waals surface area contributed by atoms with E-state index in [1.807, 2.05) is 4.42 Å². The van der Waals surface area contributed by atoms with Crippen LogP contribution in [0.25, 0.3) is 0 Å². The van der Waals surface area contributed by atoms with E-state index in [4.69, 9.17) is 16.5 Å². The van der Waals surface area contributed by atoms with Crippen molar-refractivity contribution in [3.8, 4) is 0 Å². The molecule has 1 heterocycles. The quantitative estimate of drug-likeness (QED) is 0.600. The van der Waals surface area contributed by atoms with E-state index in [9.17, 15) is 0 Å². The van der Waals surface area contributed by atoms with Gasteiger partial charge in [0.1, 0.15) is 6.23 Å². The van der Waals surface area contributed by atoms with Gasteiger partial charge in [0.25, 0.3) is 0 Å². The van der Waals surface area contributed by atoms with Crippen molar-refractivity contribution >= 4 is 11.8 Å². The third-order valence-corrected chi connectivity index (χ3v) is 2.56. The summed E-state index contributed by atoms with van der Waals surface area (Å²) in [5, 5.41) is 0. The van der Waals surface area contributed by atoms with Crippen molar-refractivity contribution in [3.63, 3.8) is 0 Å². The fraction of sp³-hybridized carbons (Fsp3) is 1.00. The zero-order chi connectivity index (χ0) is 8.43. The van der Waals surface area contributed by atoms with Gasteiger partial charge in [-0.15, -0.1) is 0 Å². The SMILES string of the molecule is CCC1COC(C(C)C)N1Cl. The molecule has 0 radical (unpaired) electrons. The molecule has 1 aliphatic rings. The Morgan fingerprint density at radius 1 is 1.64 bits per heavy atom. The topological polar surface area (TPSA) is 12.5 Å². The Bertz CT molecular complexity index is 129. The van der Waals surface area contributed by atoms with Crippen molar-refractivity contribution < 1.29 is 4.74 Å². The molecule has 0 aliphatic carbocycles. The smallest absolute Gasteiger partial charge is 0.126 e. The summed E-state index contributed by atoms with van der Waals surface area (Å²) in [4.78, 5) is 0. The van der Waals surface area contributed by atoms with Gasteiger partial charge in [-0.25, -0.2) is 0 Å². The van der Waals surface area contributed by atoms with Crippen molar-refractivity contribution in [2.45, 2.75) is 39.5 Å². The molecule has 0 spiro atoms. The van der Waals surface area contributed by atoms with E-state index < -0.39 is 0 Å². The second-order valence-corrected chi connectivity index (χ2v) is 3.76. The second kappa shape index (κ2) is 3.74. The van der Waals surface area contributed by atoms with Crippen LogP contribution < -0.4 is 0 Å². The molecule has 3 heteroatoms. The summed E-state index contributed by atoms with van der Waals surface area (Å²) in [5.74, 6) is 0.476. The zero-order valence-electron chi connectivity index (χ0n) is 7.38. The molecule has 1 fully saturated rings. The molecular formula is C8H16ClNO. The molecule has 0 amide bonds. The first-order valence-corrected chi connectivity index (χ1v) is 4.56. The lowest BCUT2D eigenvalue weighted by Crippen LogP contribution is -2.31. The first kappa shape index (κ1) is 9.30. The van der Waals surface area contributed by atoms with Crippen molar-refractivity contribution in [3.05, 3.63) is 0 Å². The molecule has 2 atom stereocenters. The van der Waals surface area contributed by atoms with E-state index in [-0.39, 0.29) is 6.23 Å². The summed E-state index contributed by atoms with van der Waals surface area (Å²) < 4.78 is 7.35.